The van der Waals surface area contributed by atoms with Crippen LogP contribution in [0, 0.1) is 5.92 Å². The van der Waals surface area contributed by atoms with E-state index in [0.717, 1.165) is 18.6 Å². The molecule has 0 aliphatic heterocycles. The highest BCUT2D eigenvalue weighted by molar-refractivity contribution is 7.98. The summed E-state index contributed by atoms with van der Waals surface area (Å²) >= 11 is 1.69. The summed E-state index contributed by atoms with van der Waals surface area (Å²) in [5, 5.41) is 0. The van der Waals surface area contributed by atoms with Crippen molar-refractivity contribution in [2.45, 2.75) is 19.8 Å². The third-order valence-electron chi connectivity index (χ3n) is 1.54. The van der Waals surface area contributed by atoms with Gasteiger partial charge in [0.05, 0.1) is 13.0 Å². The molecule has 66 valence electrons. The lowest BCUT2D eigenvalue weighted by atomic mass is 10.1. The molecule has 0 aliphatic rings. The van der Waals surface area contributed by atoms with Crippen LogP contribution in [0.2, 0.25) is 0 Å². The zero-order valence-electron chi connectivity index (χ0n) is 7.42. The molecular formula is C8H16O2S. The number of rotatable bonds is 5. The Morgan fingerprint density at radius 1 is 1.64 bits per heavy atom. The van der Waals surface area contributed by atoms with E-state index in [-0.39, 0.29) is 11.9 Å². The fourth-order valence-electron chi connectivity index (χ4n) is 0.986. The summed E-state index contributed by atoms with van der Waals surface area (Å²) in [6, 6.07) is 0. The van der Waals surface area contributed by atoms with Gasteiger partial charge in [0.15, 0.2) is 0 Å². The highest BCUT2D eigenvalue weighted by Gasteiger charge is 2.16. The second-order valence-electron chi connectivity index (χ2n) is 2.46. The number of esters is 1. The number of thioether (sulfide) groups is 1. The standard InChI is InChI=1S/C8H16O2S/c1-4-5-7(6-11-3)8(9)10-2/h7H,4-6H2,1-3H3. The molecule has 2 nitrogen and oxygen atoms in total. The second-order valence-corrected chi connectivity index (χ2v) is 3.37. The van der Waals surface area contributed by atoms with Gasteiger partial charge < -0.3 is 4.74 Å². The van der Waals surface area contributed by atoms with Crippen LogP contribution in [0.3, 0.4) is 0 Å². The van der Waals surface area contributed by atoms with Gasteiger partial charge in [0, 0.05) is 5.75 Å². The van der Waals surface area contributed by atoms with Gasteiger partial charge in [-0.15, -0.1) is 0 Å². The smallest absolute Gasteiger partial charge is 0.309 e. The maximum Gasteiger partial charge on any atom is 0.309 e. The molecule has 0 aromatic heterocycles. The van der Waals surface area contributed by atoms with Gasteiger partial charge in [0.25, 0.3) is 0 Å². The number of methoxy groups -OCH3 is 1. The monoisotopic (exact) mass is 176 g/mol. The first-order valence-electron chi connectivity index (χ1n) is 3.83. The van der Waals surface area contributed by atoms with Crippen LogP contribution in [0.5, 0.6) is 0 Å². The predicted molar refractivity (Wildman–Crippen MR) is 48.8 cm³/mol. The third kappa shape index (κ3) is 4.30. The Hall–Kier alpha value is -0.180. The minimum Gasteiger partial charge on any atom is -0.469 e. The summed E-state index contributed by atoms with van der Waals surface area (Å²) in [5.74, 6) is 0.904. The summed E-state index contributed by atoms with van der Waals surface area (Å²) in [4.78, 5) is 11.1. The van der Waals surface area contributed by atoms with Gasteiger partial charge in [-0.25, -0.2) is 0 Å². The van der Waals surface area contributed by atoms with Crippen LogP contribution in [0.25, 0.3) is 0 Å². The van der Waals surface area contributed by atoms with E-state index in [1.54, 1.807) is 11.8 Å². The molecule has 0 radical (unpaired) electrons. The largest absolute Gasteiger partial charge is 0.469 e. The van der Waals surface area contributed by atoms with Gasteiger partial charge in [-0.3, -0.25) is 4.79 Å². The highest BCUT2D eigenvalue weighted by Crippen LogP contribution is 2.13. The molecule has 0 spiro atoms. The quantitative estimate of drug-likeness (QED) is 0.599. The number of hydrogen-bond acceptors (Lipinski definition) is 3. The van der Waals surface area contributed by atoms with Crippen molar-refractivity contribution < 1.29 is 9.53 Å². The van der Waals surface area contributed by atoms with Crippen LogP contribution < -0.4 is 0 Å². The molecule has 0 saturated heterocycles. The minimum absolute atomic E-state index is 0.0683. The third-order valence-corrected chi connectivity index (χ3v) is 2.28. The summed E-state index contributed by atoms with van der Waals surface area (Å²) < 4.78 is 4.67. The van der Waals surface area contributed by atoms with Crippen molar-refractivity contribution in [2.24, 2.45) is 5.92 Å². The Kier molecular flexibility index (Phi) is 6.42. The first-order valence-corrected chi connectivity index (χ1v) is 5.22. The van der Waals surface area contributed by atoms with E-state index >= 15 is 0 Å². The molecule has 0 fully saturated rings. The molecule has 0 aromatic carbocycles. The molecule has 0 N–H and O–H groups in total. The number of ether oxygens (including phenoxy) is 1. The number of carbonyl (C=O) groups excluding carboxylic acids is 1. The average molecular weight is 176 g/mol. The summed E-state index contributed by atoms with van der Waals surface area (Å²) in [7, 11) is 1.45. The molecule has 3 heteroatoms. The van der Waals surface area contributed by atoms with Crippen LogP contribution in [-0.4, -0.2) is 25.1 Å². The van der Waals surface area contributed by atoms with Crippen LogP contribution in [0.1, 0.15) is 19.8 Å². The topological polar surface area (TPSA) is 26.3 Å². The molecular weight excluding hydrogens is 160 g/mol. The lowest BCUT2D eigenvalue weighted by molar-refractivity contribution is -0.144. The van der Waals surface area contributed by atoms with E-state index in [1.165, 1.54) is 7.11 Å². The predicted octanol–water partition coefficient (Wildman–Crippen LogP) is 1.94. The van der Waals surface area contributed by atoms with Gasteiger partial charge in [-0.05, 0) is 12.7 Å². The van der Waals surface area contributed by atoms with E-state index in [0.29, 0.717) is 0 Å². The fraction of sp³-hybridized carbons (Fsp3) is 0.875. The molecule has 0 heterocycles. The SMILES string of the molecule is CCCC(CSC)C(=O)OC. The minimum atomic E-state index is -0.0683. The molecule has 0 rings (SSSR count). The Morgan fingerprint density at radius 2 is 2.27 bits per heavy atom. The first-order chi connectivity index (χ1) is 5.26. The summed E-state index contributed by atoms with van der Waals surface area (Å²) in [6.07, 6.45) is 3.99. The highest BCUT2D eigenvalue weighted by atomic mass is 32.2. The maximum absolute atomic E-state index is 11.1. The van der Waals surface area contributed by atoms with Crippen molar-refractivity contribution in [2.75, 3.05) is 19.1 Å². The second kappa shape index (κ2) is 6.53. The van der Waals surface area contributed by atoms with Crippen LogP contribution in [0.15, 0.2) is 0 Å². The van der Waals surface area contributed by atoms with E-state index in [4.69, 9.17) is 0 Å². The van der Waals surface area contributed by atoms with Crippen molar-refractivity contribution in [1.82, 2.24) is 0 Å². The van der Waals surface area contributed by atoms with E-state index < -0.39 is 0 Å². The van der Waals surface area contributed by atoms with Crippen molar-refractivity contribution >= 4 is 17.7 Å². The zero-order valence-corrected chi connectivity index (χ0v) is 8.24. The van der Waals surface area contributed by atoms with Crippen molar-refractivity contribution in [3.63, 3.8) is 0 Å². The molecule has 0 saturated carbocycles. The van der Waals surface area contributed by atoms with Gasteiger partial charge in [-0.2, -0.15) is 11.8 Å². The zero-order chi connectivity index (χ0) is 8.69. The van der Waals surface area contributed by atoms with Crippen molar-refractivity contribution in [1.29, 1.82) is 0 Å². The Labute approximate surface area is 72.7 Å². The molecule has 0 amide bonds. The Bertz CT molecular complexity index is 109. The van der Waals surface area contributed by atoms with Crippen LogP contribution >= 0.6 is 11.8 Å². The number of carbonyl (C=O) groups is 1. The molecule has 0 aliphatic carbocycles. The number of hydrogen-bond donors (Lipinski definition) is 0. The van der Waals surface area contributed by atoms with E-state index in [1.807, 2.05) is 6.26 Å². The van der Waals surface area contributed by atoms with Crippen molar-refractivity contribution in [3.05, 3.63) is 0 Å². The Morgan fingerprint density at radius 3 is 2.64 bits per heavy atom. The molecule has 1 atom stereocenters. The average Bonchev–Trinajstić information content (AvgIpc) is 2.03. The maximum atomic E-state index is 11.1. The van der Waals surface area contributed by atoms with E-state index in [2.05, 4.69) is 11.7 Å². The molecule has 1 unspecified atom stereocenters. The molecule has 0 aromatic rings. The Balaban J connectivity index is 3.76. The fourth-order valence-corrected chi connectivity index (χ4v) is 1.69. The van der Waals surface area contributed by atoms with Crippen LogP contribution in [-0.2, 0) is 9.53 Å². The van der Waals surface area contributed by atoms with E-state index in [9.17, 15) is 4.79 Å². The van der Waals surface area contributed by atoms with Crippen LogP contribution in [0.4, 0.5) is 0 Å². The van der Waals surface area contributed by atoms with Crippen molar-refractivity contribution in [3.8, 4) is 0 Å². The lowest BCUT2D eigenvalue weighted by Crippen LogP contribution is -2.18. The summed E-state index contributed by atoms with van der Waals surface area (Å²) in [6.45, 7) is 2.08. The van der Waals surface area contributed by atoms with Gasteiger partial charge >= 0.3 is 5.97 Å². The van der Waals surface area contributed by atoms with Gasteiger partial charge in [-0.1, -0.05) is 13.3 Å². The molecule has 0 bridgehead atoms. The lowest BCUT2D eigenvalue weighted by Gasteiger charge is -2.10. The van der Waals surface area contributed by atoms with Gasteiger partial charge in [0.2, 0.25) is 0 Å². The van der Waals surface area contributed by atoms with Gasteiger partial charge in [0.1, 0.15) is 0 Å². The first kappa shape index (κ1) is 10.8. The normalized spacial score (nSPS) is 12.6. The summed E-state index contributed by atoms with van der Waals surface area (Å²) in [5.41, 5.74) is 0. The molecule has 11 heavy (non-hydrogen) atoms.